The van der Waals surface area contributed by atoms with Crippen molar-refractivity contribution in [2.24, 2.45) is 0 Å². The van der Waals surface area contributed by atoms with Crippen molar-refractivity contribution >= 4 is 40.0 Å². The topological polar surface area (TPSA) is 44.1 Å². The summed E-state index contributed by atoms with van der Waals surface area (Å²) in [7, 11) is 0. The Kier molecular flexibility index (Phi) is 3.71. The van der Waals surface area contributed by atoms with Crippen LogP contribution in [0.3, 0.4) is 0 Å². The molecule has 1 aliphatic rings. The molecule has 0 aliphatic carbocycles. The zero-order valence-corrected chi connectivity index (χ0v) is 15.5. The molecule has 4 nitrogen and oxygen atoms in total. The van der Waals surface area contributed by atoms with Crippen LogP contribution in [0.1, 0.15) is 15.9 Å². The summed E-state index contributed by atoms with van der Waals surface area (Å²) in [5.41, 5.74) is 3.29. The van der Waals surface area contributed by atoms with E-state index in [0.717, 1.165) is 11.3 Å². The molecule has 27 heavy (non-hydrogen) atoms. The molecule has 2 aromatic carbocycles. The normalized spacial score (nSPS) is 12.3. The van der Waals surface area contributed by atoms with Gasteiger partial charge in [0, 0.05) is 16.8 Å². The van der Waals surface area contributed by atoms with Gasteiger partial charge >= 0.3 is 0 Å². The number of nitrogens with zero attached hydrogens (tertiary/aromatic N) is 2. The lowest BCUT2D eigenvalue weighted by Crippen LogP contribution is -2.08. The third-order valence-corrected chi connectivity index (χ3v) is 5.35. The monoisotopic (exact) mass is 394 g/mol. The van der Waals surface area contributed by atoms with Gasteiger partial charge in [0.2, 0.25) is 0 Å². The zero-order chi connectivity index (χ0) is 18.5. The molecule has 3 heterocycles. The van der Waals surface area contributed by atoms with Crippen LogP contribution >= 0.6 is 23.2 Å². The van der Waals surface area contributed by atoms with Crippen LogP contribution in [-0.2, 0) is 6.61 Å². The molecule has 1 aliphatic heterocycles. The quantitative estimate of drug-likeness (QED) is 0.400. The van der Waals surface area contributed by atoms with E-state index >= 15 is 0 Å². The van der Waals surface area contributed by atoms with Crippen LogP contribution in [0.4, 0.5) is 0 Å². The van der Waals surface area contributed by atoms with Crippen molar-refractivity contribution < 1.29 is 9.53 Å². The van der Waals surface area contributed by atoms with Gasteiger partial charge in [0.15, 0.2) is 0 Å². The number of carbonyl (C=O) groups excluding carboxylic acids is 1. The first-order chi connectivity index (χ1) is 13.1. The van der Waals surface area contributed by atoms with E-state index in [1.54, 1.807) is 22.9 Å². The van der Waals surface area contributed by atoms with Crippen molar-refractivity contribution in [3.05, 3.63) is 82.0 Å². The van der Waals surface area contributed by atoms with Crippen molar-refractivity contribution in [2.75, 3.05) is 0 Å². The maximum atomic E-state index is 13.0. The summed E-state index contributed by atoms with van der Waals surface area (Å²) < 4.78 is 7.71. The molecular formula is C21H12Cl2N2O2. The molecule has 0 radical (unpaired) electrons. The number of aromatic nitrogens is 2. The van der Waals surface area contributed by atoms with Gasteiger partial charge < -0.3 is 4.74 Å². The van der Waals surface area contributed by atoms with Gasteiger partial charge in [-0.05, 0) is 30.3 Å². The van der Waals surface area contributed by atoms with E-state index in [4.69, 9.17) is 27.9 Å². The Morgan fingerprint density at radius 2 is 1.78 bits per heavy atom. The van der Waals surface area contributed by atoms with Crippen molar-refractivity contribution in [2.45, 2.75) is 6.61 Å². The number of pyridine rings is 1. The van der Waals surface area contributed by atoms with Crippen molar-refractivity contribution in [1.29, 1.82) is 0 Å². The molecule has 0 bridgehead atoms. The minimum absolute atomic E-state index is 0.173. The average Bonchev–Trinajstić information content (AvgIpc) is 3.24. The zero-order valence-electron chi connectivity index (χ0n) is 13.9. The summed E-state index contributed by atoms with van der Waals surface area (Å²) in [4.78, 5) is 17.7. The highest BCUT2D eigenvalue weighted by atomic mass is 35.5. The van der Waals surface area contributed by atoms with Gasteiger partial charge in [-0.3, -0.25) is 9.36 Å². The van der Waals surface area contributed by atoms with Gasteiger partial charge in [-0.15, -0.1) is 0 Å². The Morgan fingerprint density at radius 3 is 2.63 bits per heavy atom. The molecule has 0 amide bonds. The van der Waals surface area contributed by atoms with Gasteiger partial charge in [0.1, 0.15) is 23.6 Å². The van der Waals surface area contributed by atoms with E-state index in [-0.39, 0.29) is 12.5 Å². The first-order valence-electron chi connectivity index (χ1n) is 8.36. The van der Waals surface area contributed by atoms with Gasteiger partial charge in [-0.1, -0.05) is 47.5 Å². The molecule has 4 aromatic rings. The summed E-state index contributed by atoms with van der Waals surface area (Å²) in [5.74, 6) is 0.266. The minimum Gasteiger partial charge on any atom is -0.487 e. The number of hydrogen-bond acceptors (Lipinski definition) is 3. The highest BCUT2D eigenvalue weighted by Gasteiger charge is 2.33. The van der Waals surface area contributed by atoms with E-state index in [1.165, 1.54) is 0 Å². The number of halogens is 2. The Hall–Kier alpha value is -2.82. The Morgan fingerprint density at radius 1 is 0.963 bits per heavy atom. The molecule has 0 N–H and O–H groups in total. The van der Waals surface area contributed by atoms with E-state index in [2.05, 4.69) is 4.98 Å². The average molecular weight is 395 g/mol. The first-order valence-corrected chi connectivity index (χ1v) is 9.11. The van der Waals surface area contributed by atoms with Gasteiger partial charge in [-0.25, -0.2) is 4.98 Å². The molecule has 0 unspecified atom stereocenters. The smallest absolute Gasteiger partial charge is 0.268 e. The largest absolute Gasteiger partial charge is 0.487 e. The molecule has 5 rings (SSSR count). The molecule has 6 heteroatoms. The van der Waals surface area contributed by atoms with E-state index in [9.17, 15) is 4.79 Å². The molecule has 0 fully saturated rings. The van der Waals surface area contributed by atoms with Crippen LogP contribution in [0.5, 0.6) is 5.75 Å². The third kappa shape index (κ3) is 2.45. The number of fused-ring (bicyclic) bond motifs is 4. The maximum Gasteiger partial charge on any atom is 0.268 e. The fourth-order valence-corrected chi connectivity index (χ4v) is 3.85. The SMILES string of the molecule is O=C1c2c(nc3cccc(Cl)c3c2OCc2ccccc2Cl)-c2cccn21. The maximum absolute atomic E-state index is 13.0. The second-order valence-corrected chi connectivity index (χ2v) is 7.06. The van der Waals surface area contributed by atoms with Crippen molar-refractivity contribution in [3.63, 3.8) is 0 Å². The summed E-state index contributed by atoms with van der Waals surface area (Å²) >= 11 is 12.7. The molecule has 0 spiro atoms. The molecule has 2 aromatic heterocycles. The lowest BCUT2D eigenvalue weighted by atomic mass is 10.1. The first kappa shape index (κ1) is 16.4. The summed E-state index contributed by atoms with van der Waals surface area (Å²) in [6.07, 6.45) is 1.73. The van der Waals surface area contributed by atoms with Crippen molar-refractivity contribution in [1.82, 2.24) is 9.55 Å². The van der Waals surface area contributed by atoms with E-state index in [0.29, 0.717) is 38.0 Å². The lowest BCUT2D eigenvalue weighted by molar-refractivity contribution is 0.0965. The van der Waals surface area contributed by atoms with Gasteiger partial charge in [0.25, 0.3) is 5.91 Å². The second kappa shape index (κ2) is 6.12. The summed E-state index contributed by atoms with van der Waals surface area (Å²) in [6.45, 7) is 0.221. The van der Waals surface area contributed by atoms with Crippen LogP contribution in [0.2, 0.25) is 10.0 Å². The Labute approximate surface area is 164 Å². The predicted octanol–water partition coefficient (Wildman–Crippen LogP) is 5.59. The van der Waals surface area contributed by atoms with Crippen LogP contribution in [0.25, 0.3) is 22.3 Å². The Balaban J connectivity index is 1.72. The second-order valence-electron chi connectivity index (χ2n) is 6.25. The lowest BCUT2D eigenvalue weighted by Gasteiger charge is -2.14. The summed E-state index contributed by atoms with van der Waals surface area (Å²) in [6, 6.07) is 16.6. The van der Waals surface area contributed by atoms with Crippen LogP contribution in [0.15, 0.2) is 60.8 Å². The molecule has 0 saturated heterocycles. The predicted molar refractivity (Wildman–Crippen MR) is 106 cm³/mol. The fraction of sp³-hybridized carbons (Fsp3) is 0.0476. The number of ether oxygens (including phenoxy) is 1. The highest BCUT2D eigenvalue weighted by Crippen LogP contribution is 2.43. The highest BCUT2D eigenvalue weighted by molar-refractivity contribution is 6.36. The van der Waals surface area contributed by atoms with E-state index in [1.807, 2.05) is 42.5 Å². The standard InChI is InChI=1S/C21H12Cl2N2O2/c22-13-6-2-1-5-12(13)11-27-20-17-14(23)7-3-8-15(17)24-19-16-9-4-10-25(16)21(26)18(19)20/h1-10H,11H2. The minimum atomic E-state index is -0.173. The van der Waals surface area contributed by atoms with Crippen LogP contribution in [-0.4, -0.2) is 15.5 Å². The summed E-state index contributed by atoms with van der Waals surface area (Å²) in [5, 5.41) is 1.72. The third-order valence-electron chi connectivity index (χ3n) is 4.67. The molecule has 132 valence electrons. The molecule has 0 saturated carbocycles. The number of carbonyl (C=O) groups is 1. The van der Waals surface area contributed by atoms with Gasteiger partial charge in [0.05, 0.1) is 21.6 Å². The Bertz CT molecular complexity index is 1230. The van der Waals surface area contributed by atoms with Crippen LogP contribution in [0, 0.1) is 0 Å². The fourth-order valence-electron chi connectivity index (χ4n) is 3.40. The number of benzene rings is 2. The number of hydrogen-bond donors (Lipinski definition) is 0. The van der Waals surface area contributed by atoms with Crippen molar-refractivity contribution in [3.8, 4) is 17.1 Å². The van der Waals surface area contributed by atoms with E-state index < -0.39 is 0 Å². The van der Waals surface area contributed by atoms with Crippen LogP contribution < -0.4 is 4.74 Å². The molecular weight excluding hydrogens is 383 g/mol. The number of rotatable bonds is 3. The molecule has 0 atom stereocenters. The van der Waals surface area contributed by atoms with Gasteiger partial charge in [-0.2, -0.15) is 0 Å².